The Hall–Kier alpha value is -0.570. The zero-order valence-electron chi connectivity index (χ0n) is 10.3. The van der Waals surface area contributed by atoms with E-state index in [4.69, 9.17) is 5.11 Å². The molecule has 0 spiro atoms. The van der Waals surface area contributed by atoms with Gasteiger partial charge in [0.2, 0.25) is 5.91 Å². The van der Waals surface area contributed by atoms with Gasteiger partial charge in [-0.3, -0.25) is 4.79 Å². The Morgan fingerprint density at radius 2 is 1.73 bits per heavy atom. The third-order valence-corrected chi connectivity index (χ3v) is 2.60. The van der Waals surface area contributed by atoms with E-state index < -0.39 is 0 Å². The Balaban J connectivity index is 4.00. The summed E-state index contributed by atoms with van der Waals surface area (Å²) in [6.45, 7) is 6.27. The highest BCUT2D eigenvalue weighted by Crippen LogP contribution is 2.13. The van der Waals surface area contributed by atoms with Crippen molar-refractivity contribution in [3.8, 4) is 0 Å². The standard InChI is InChI=1S/C12H25NO2/c1-4-6-11(7-5-2)12(15)13-10(3)8-9-14/h10-11,14H,4-9H2,1-3H3,(H,13,15). The number of carbonyl (C=O) groups excluding carboxylic acids is 1. The SMILES string of the molecule is CCCC(CCC)C(=O)NC(C)CCO. The van der Waals surface area contributed by atoms with Gasteiger partial charge in [-0.1, -0.05) is 26.7 Å². The average molecular weight is 215 g/mol. The molecule has 0 aromatic heterocycles. The van der Waals surface area contributed by atoms with Gasteiger partial charge < -0.3 is 10.4 Å². The molecule has 2 N–H and O–H groups in total. The van der Waals surface area contributed by atoms with Crippen LogP contribution in [-0.2, 0) is 4.79 Å². The Bertz CT molecular complexity index is 165. The van der Waals surface area contributed by atoms with Crippen LogP contribution in [0.4, 0.5) is 0 Å². The third kappa shape index (κ3) is 6.50. The van der Waals surface area contributed by atoms with Crippen LogP contribution in [0.25, 0.3) is 0 Å². The number of aliphatic hydroxyl groups excluding tert-OH is 1. The van der Waals surface area contributed by atoms with Gasteiger partial charge in [-0.05, 0) is 26.2 Å². The van der Waals surface area contributed by atoms with Crippen LogP contribution in [0.3, 0.4) is 0 Å². The first-order valence-electron chi connectivity index (χ1n) is 6.06. The minimum absolute atomic E-state index is 0.0821. The normalized spacial score (nSPS) is 12.9. The van der Waals surface area contributed by atoms with Crippen LogP contribution in [0.1, 0.15) is 52.9 Å². The number of amides is 1. The van der Waals surface area contributed by atoms with E-state index in [-0.39, 0.29) is 24.5 Å². The first-order chi connectivity index (χ1) is 7.15. The fourth-order valence-corrected chi connectivity index (χ4v) is 1.73. The van der Waals surface area contributed by atoms with Gasteiger partial charge >= 0.3 is 0 Å². The molecule has 0 saturated carbocycles. The summed E-state index contributed by atoms with van der Waals surface area (Å²) in [6, 6.07) is 0.0821. The molecule has 1 unspecified atom stereocenters. The molecule has 3 heteroatoms. The van der Waals surface area contributed by atoms with E-state index in [0.717, 1.165) is 25.7 Å². The Kier molecular flexibility index (Phi) is 8.38. The summed E-state index contributed by atoms with van der Waals surface area (Å²) in [7, 11) is 0. The van der Waals surface area contributed by atoms with Crippen LogP contribution < -0.4 is 5.32 Å². The average Bonchev–Trinajstić information content (AvgIpc) is 2.17. The zero-order chi connectivity index (χ0) is 11.7. The smallest absolute Gasteiger partial charge is 0.223 e. The van der Waals surface area contributed by atoms with Crippen molar-refractivity contribution in [2.45, 2.75) is 58.9 Å². The van der Waals surface area contributed by atoms with Crippen LogP contribution >= 0.6 is 0 Å². The van der Waals surface area contributed by atoms with Crippen molar-refractivity contribution in [3.63, 3.8) is 0 Å². The maximum absolute atomic E-state index is 11.8. The van der Waals surface area contributed by atoms with Crippen LogP contribution in [0.15, 0.2) is 0 Å². The van der Waals surface area contributed by atoms with Crippen molar-refractivity contribution >= 4 is 5.91 Å². The number of hydrogen-bond acceptors (Lipinski definition) is 2. The van der Waals surface area contributed by atoms with Crippen molar-refractivity contribution in [1.29, 1.82) is 0 Å². The molecule has 0 aliphatic rings. The number of aliphatic hydroxyl groups is 1. The summed E-state index contributed by atoms with van der Waals surface area (Å²) in [5.41, 5.74) is 0. The fraction of sp³-hybridized carbons (Fsp3) is 0.917. The topological polar surface area (TPSA) is 49.3 Å². The van der Waals surface area contributed by atoms with Crippen LogP contribution in [0.5, 0.6) is 0 Å². The van der Waals surface area contributed by atoms with Crippen molar-refractivity contribution in [2.75, 3.05) is 6.61 Å². The van der Waals surface area contributed by atoms with Gasteiger partial charge in [0.15, 0.2) is 0 Å². The van der Waals surface area contributed by atoms with Gasteiger partial charge in [0.1, 0.15) is 0 Å². The summed E-state index contributed by atoms with van der Waals surface area (Å²) in [6.07, 6.45) is 4.66. The quantitative estimate of drug-likeness (QED) is 0.651. The second-order valence-electron chi connectivity index (χ2n) is 4.20. The molecule has 0 bridgehead atoms. The first-order valence-corrected chi connectivity index (χ1v) is 6.06. The Labute approximate surface area is 93.3 Å². The fourth-order valence-electron chi connectivity index (χ4n) is 1.73. The van der Waals surface area contributed by atoms with E-state index in [2.05, 4.69) is 19.2 Å². The van der Waals surface area contributed by atoms with Crippen molar-refractivity contribution in [2.24, 2.45) is 5.92 Å². The minimum Gasteiger partial charge on any atom is -0.396 e. The van der Waals surface area contributed by atoms with Gasteiger partial charge in [-0.15, -0.1) is 0 Å². The highest BCUT2D eigenvalue weighted by atomic mass is 16.3. The van der Waals surface area contributed by atoms with Crippen LogP contribution in [0, 0.1) is 5.92 Å². The molecule has 0 rings (SSSR count). The lowest BCUT2D eigenvalue weighted by Gasteiger charge is -2.19. The van der Waals surface area contributed by atoms with Crippen molar-refractivity contribution in [1.82, 2.24) is 5.32 Å². The van der Waals surface area contributed by atoms with Gasteiger partial charge in [0.25, 0.3) is 0 Å². The second-order valence-corrected chi connectivity index (χ2v) is 4.20. The summed E-state index contributed by atoms with van der Waals surface area (Å²) in [5, 5.41) is 11.7. The van der Waals surface area contributed by atoms with Crippen LogP contribution in [0.2, 0.25) is 0 Å². The zero-order valence-corrected chi connectivity index (χ0v) is 10.3. The van der Waals surface area contributed by atoms with E-state index in [9.17, 15) is 4.79 Å². The summed E-state index contributed by atoms with van der Waals surface area (Å²) in [4.78, 5) is 11.8. The molecule has 0 aliphatic carbocycles. The molecule has 1 amide bonds. The van der Waals surface area contributed by atoms with Gasteiger partial charge in [-0.2, -0.15) is 0 Å². The number of hydrogen-bond donors (Lipinski definition) is 2. The summed E-state index contributed by atoms with van der Waals surface area (Å²) < 4.78 is 0. The van der Waals surface area contributed by atoms with Gasteiger partial charge in [0.05, 0.1) is 0 Å². The van der Waals surface area contributed by atoms with Crippen molar-refractivity contribution in [3.05, 3.63) is 0 Å². The molecule has 0 aromatic rings. The highest BCUT2D eigenvalue weighted by molar-refractivity contribution is 5.78. The van der Waals surface area contributed by atoms with Crippen LogP contribution in [-0.4, -0.2) is 23.7 Å². The molecule has 90 valence electrons. The maximum atomic E-state index is 11.8. The predicted molar refractivity (Wildman–Crippen MR) is 62.6 cm³/mol. The molecule has 3 nitrogen and oxygen atoms in total. The van der Waals surface area contributed by atoms with E-state index in [1.165, 1.54) is 0 Å². The first kappa shape index (κ1) is 14.4. The van der Waals surface area contributed by atoms with E-state index in [1.807, 2.05) is 6.92 Å². The van der Waals surface area contributed by atoms with Gasteiger partial charge in [-0.25, -0.2) is 0 Å². The largest absolute Gasteiger partial charge is 0.396 e. The summed E-state index contributed by atoms with van der Waals surface area (Å²) >= 11 is 0. The van der Waals surface area contributed by atoms with Gasteiger partial charge in [0, 0.05) is 18.6 Å². The monoisotopic (exact) mass is 215 g/mol. The molecule has 1 atom stereocenters. The lowest BCUT2D eigenvalue weighted by atomic mass is 9.97. The minimum atomic E-state index is 0.0821. The molecule has 0 radical (unpaired) electrons. The lowest BCUT2D eigenvalue weighted by molar-refractivity contribution is -0.126. The third-order valence-electron chi connectivity index (χ3n) is 2.60. The number of rotatable bonds is 8. The molecular formula is C12H25NO2. The molecule has 0 heterocycles. The van der Waals surface area contributed by atoms with E-state index in [1.54, 1.807) is 0 Å². The number of carbonyl (C=O) groups is 1. The van der Waals surface area contributed by atoms with Crippen molar-refractivity contribution < 1.29 is 9.90 Å². The second kappa shape index (κ2) is 8.72. The molecular weight excluding hydrogens is 190 g/mol. The molecule has 0 aliphatic heterocycles. The molecule has 15 heavy (non-hydrogen) atoms. The predicted octanol–water partition coefficient (Wildman–Crippen LogP) is 2.09. The Morgan fingerprint density at radius 1 is 1.20 bits per heavy atom. The maximum Gasteiger partial charge on any atom is 0.223 e. The molecule has 0 saturated heterocycles. The number of nitrogens with one attached hydrogen (secondary N) is 1. The van der Waals surface area contributed by atoms with E-state index in [0.29, 0.717) is 6.42 Å². The molecule has 0 fully saturated rings. The molecule has 0 aromatic carbocycles. The summed E-state index contributed by atoms with van der Waals surface area (Å²) in [5.74, 6) is 0.306. The highest BCUT2D eigenvalue weighted by Gasteiger charge is 2.17. The Morgan fingerprint density at radius 3 is 2.13 bits per heavy atom. The lowest BCUT2D eigenvalue weighted by Crippen LogP contribution is -2.37. The van der Waals surface area contributed by atoms with E-state index >= 15 is 0 Å².